The maximum atomic E-state index is 10.1. The first-order valence-electron chi connectivity index (χ1n) is 7.17. The van der Waals surface area contributed by atoms with Gasteiger partial charge in [0.25, 0.3) is 0 Å². The van der Waals surface area contributed by atoms with Crippen LogP contribution in [0.3, 0.4) is 0 Å². The van der Waals surface area contributed by atoms with Crippen LogP contribution in [0.4, 0.5) is 0 Å². The van der Waals surface area contributed by atoms with Gasteiger partial charge in [0.15, 0.2) is 0 Å². The van der Waals surface area contributed by atoms with Crippen LogP contribution < -0.4 is 0 Å². The van der Waals surface area contributed by atoms with E-state index in [4.69, 9.17) is 0 Å². The minimum Gasteiger partial charge on any atom is -0.395 e. The van der Waals surface area contributed by atoms with Gasteiger partial charge in [-0.05, 0) is 77.1 Å². The molecule has 0 saturated carbocycles. The van der Waals surface area contributed by atoms with Crippen molar-refractivity contribution in [3.8, 4) is 0 Å². The lowest BCUT2D eigenvalue weighted by molar-refractivity contribution is 0.173. The van der Waals surface area contributed by atoms with Crippen LogP contribution >= 0.6 is 22.6 Å². The normalized spacial score (nSPS) is 21.5. The molecule has 0 amide bonds. The van der Waals surface area contributed by atoms with Crippen LogP contribution in [-0.4, -0.2) is 11.7 Å². The maximum absolute atomic E-state index is 10.1. The zero-order valence-corrected chi connectivity index (χ0v) is 13.6. The number of benzene rings is 2. The molecule has 20 heavy (non-hydrogen) atoms. The molecule has 0 aliphatic heterocycles. The Kier molecular flexibility index (Phi) is 4.13. The molecular formula is C18H19IO. The predicted molar refractivity (Wildman–Crippen MR) is 91.0 cm³/mol. The van der Waals surface area contributed by atoms with Gasteiger partial charge in [-0.2, -0.15) is 0 Å². The zero-order chi connectivity index (χ0) is 14.0. The first-order chi connectivity index (χ1) is 9.73. The van der Waals surface area contributed by atoms with E-state index in [-0.39, 0.29) is 12.0 Å². The molecule has 1 atom stereocenters. The number of aliphatic hydroxyl groups is 1. The van der Waals surface area contributed by atoms with Crippen molar-refractivity contribution < 1.29 is 5.11 Å². The topological polar surface area (TPSA) is 20.2 Å². The molecule has 1 unspecified atom stereocenters. The summed E-state index contributed by atoms with van der Waals surface area (Å²) in [6.45, 7) is 0.232. The molecule has 104 valence electrons. The third kappa shape index (κ3) is 2.63. The SMILES string of the molecule is OCC1(Cc2ccc(I)cc2)CCCc2ccccc21. The molecule has 0 radical (unpaired) electrons. The summed E-state index contributed by atoms with van der Waals surface area (Å²) in [4.78, 5) is 0. The molecule has 2 heteroatoms. The van der Waals surface area contributed by atoms with E-state index in [9.17, 15) is 5.11 Å². The van der Waals surface area contributed by atoms with Crippen molar-refractivity contribution in [3.63, 3.8) is 0 Å². The number of halogens is 1. The Morgan fingerprint density at radius 1 is 1.05 bits per heavy atom. The molecule has 1 aliphatic carbocycles. The average Bonchev–Trinajstić information content (AvgIpc) is 2.50. The highest BCUT2D eigenvalue weighted by molar-refractivity contribution is 14.1. The molecule has 2 aromatic carbocycles. The average molecular weight is 378 g/mol. The molecular weight excluding hydrogens is 359 g/mol. The molecule has 1 nitrogen and oxygen atoms in total. The van der Waals surface area contributed by atoms with Gasteiger partial charge in [0, 0.05) is 8.99 Å². The van der Waals surface area contributed by atoms with Crippen molar-refractivity contribution in [1.82, 2.24) is 0 Å². The van der Waals surface area contributed by atoms with Crippen molar-refractivity contribution in [2.75, 3.05) is 6.61 Å². The number of aryl methyl sites for hydroxylation is 1. The highest BCUT2D eigenvalue weighted by Crippen LogP contribution is 2.39. The summed E-state index contributed by atoms with van der Waals surface area (Å²) in [5.74, 6) is 0. The quantitative estimate of drug-likeness (QED) is 0.798. The van der Waals surface area contributed by atoms with Gasteiger partial charge < -0.3 is 5.11 Å². The Morgan fingerprint density at radius 3 is 2.55 bits per heavy atom. The van der Waals surface area contributed by atoms with Gasteiger partial charge in [0.05, 0.1) is 6.61 Å². The van der Waals surface area contributed by atoms with Crippen LogP contribution in [-0.2, 0) is 18.3 Å². The predicted octanol–water partition coefficient (Wildman–Crippen LogP) is 4.10. The van der Waals surface area contributed by atoms with Gasteiger partial charge in [-0.15, -0.1) is 0 Å². The molecule has 0 fully saturated rings. The van der Waals surface area contributed by atoms with E-state index in [1.54, 1.807) is 0 Å². The largest absolute Gasteiger partial charge is 0.395 e. The van der Waals surface area contributed by atoms with Crippen LogP contribution in [0.5, 0.6) is 0 Å². The van der Waals surface area contributed by atoms with E-state index >= 15 is 0 Å². The van der Waals surface area contributed by atoms with Gasteiger partial charge in [-0.25, -0.2) is 0 Å². The summed E-state index contributed by atoms with van der Waals surface area (Å²) in [5.41, 5.74) is 3.99. The monoisotopic (exact) mass is 378 g/mol. The van der Waals surface area contributed by atoms with E-state index in [1.165, 1.54) is 26.7 Å². The highest BCUT2D eigenvalue weighted by atomic mass is 127. The van der Waals surface area contributed by atoms with E-state index in [1.807, 2.05) is 0 Å². The van der Waals surface area contributed by atoms with Crippen molar-refractivity contribution in [3.05, 3.63) is 68.8 Å². The molecule has 0 heterocycles. The molecule has 0 spiro atoms. The van der Waals surface area contributed by atoms with E-state index in [2.05, 4.69) is 71.1 Å². The van der Waals surface area contributed by atoms with Crippen LogP contribution in [0, 0.1) is 3.57 Å². The molecule has 3 rings (SSSR count). The number of aliphatic hydroxyl groups excluding tert-OH is 1. The summed E-state index contributed by atoms with van der Waals surface area (Å²) in [6, 6.07) is 17.3. The van der Waals surface area contributed by atoms with E-state index in [0.29, 0.717) is 0 Å². The first-order valence-corrected chi connectivity index (χ1v) is 8.25. The summed E-state index contributed by atoms with van der Waals surface area (Å²) >= 11 is 2.33. The lowest BCUT2D eigenvalue weighted by Gasteiger charge is -2.38. The second kappa shape index (κ2) is 5.86. The van der Waals surface area contributed by atoms with Gasteiger partial charge >= 0.3 is 0 Å². The summed E-state index contributed by atoms with van der Waals surface area (Å²) < 4.78 is 1.26. The van der Waals surface area contributed by atoms with Gasteiger partial charge in [-0.3, -0.25) is 0 Å². The van der Waals surface area contributed by atoms with Gasteiger partial charge in [0.1, 0.15) is 0 Å². The van der Waals surface area contributed by atoms with Crippen LogP contribution in [0.2, 0.25) is 0 Å². The Hall–Kier alpha value is -0.870. The van der Waals surface area contributed by atoms with Crippen LogP contribution in [0.15, 0.2) is 48.5 Å². The molecule has 0 saturated heterocycles. The minimum absolute atomic E-state index is 0.0956. The fraction of sp³-hybridized carbons (Fsp3) is 0.333. The summed E-state index contributed by atoms with van der Waals surface area (Å²) in [5, 5.41) is 10.1. The van der Waals surface area contributed by atoms with Crippen molar-refractivity contribution in [2.45, 2.75) is 31.1 Å². The second-order valence-corrected chi connectivity index (χ2v) is 7.00. The second-order valence-electron chi connectivity index (χ2n) is 5.75. The van der Waals surface area contributed by atoms with Crippen molar-refractivity contribution in [2.24, 2.45) is 0 Å². The summed E-state index contributed by atoms with van der Waals surface area (Å²) in [6.07, 6.45) is 4.32. The zero-order valence-electron chi connectivity index (χ0n) is 11.5. The summed E-state index contributed by atoms with van der Waals surface area (Å²) in [7, 11) is 0. The Balaban J connectivity index is 1.98. The lowest BCUT2D eigenvalue weighted by Crippen LogP contribution is -2.37. The number of rotatable bonds is 3. The Morgan fingerprint density at radius 2 is 1.80 bits per heavy atom. The third-order valence-electron chi connectivity index (χ3n) is 4.45. The number of hydrogen-bond acceptors (Lipinski definition) is 1. The molecule has 2 aromatic rings. The van der Waals surface area contributed by atoms with E-state index < -0.39 is 0 Å². The Labute approximate surface area is 134 Å². The van der Waals surface area contributed by atoms with Gasteiger partial charge in [-0.1, -0.05) is 36.4 Å². The fourth-order valence-corrected chi connectivity index (χ4v) is 3.76. The Bertz CT molecular complexity index is 591. The molecule has 0 aromatic heterocycles. The van der Waals surface area contributed by atoms with Crippen LogP contribution in [0.25, 0.3) is 0 Å². The number of hydrogen-bond donors (Lipinski definition) is 1. The van der Waals surface area contributed by atoms with Crippen molar-refractivity contribution in [1.29, 1.82) is 0 Å². The number of fused-ring (bicyclic) bond motifs is 1. The lowest BCUT2D eigenvalue weighted by atomic mass is 9.67. The first kappa shape index (κ1) is 14.1. The fourth-order valence-electron chi connectivity index (χ4n) is 3.40. The molecule has 1 N–H and O–H groups in total. The van der Waals surface area contributed by atoms with Gasteiger partial charge in [0.2, 0.25) is 0 Å². The third-order valence-corrected chi connectivity index (χ3v) is 5.17. The molecule has 1 aliphatic rings. The highest BCUT2D eigenvalue weighted by Gasteiger charge is 2.35. The standard InChI is InChI=1S/C18H19IO/c19-16-9-7-14(8-10-16)12-18(13-20)11-3-5-15-4-1-2-6-17(15)18/h1-2,4,6-10,20H,3,5,11-13H2. The minimum atomic E-state index is -0.0956. The smallest absolute Gasteiger partial charge is 0.0531 e. The maximum Gasteiger partial charge on any atom is 0.0531 e. The van der Waals surface area contributed by atoms with Crippen molar-refractivity contribution >= 4 is 22.6 Å². The van der Waals surface area contributed by atoms with E-state index in [0.717, 1.165) is 19.3 Å². The van der Waals surface area contributed by atoms with Crippen LogP contribution in [0.1, 0.15) is 29.5 Å². The molecule has 0 bridgehead atoms.